The van der Waals surface area contributed by atoms with Crippen LogP contribution in [0.1, 0.15) is 25.0 Å². The minimum absolute atomic E-state index is 0.909. The topological polar surface area (TPSA) is 25.4 Å². The molecule has 0 atom stereocenters. The summed E-state index contributed by atoms with van der Waals surface area (Å²) in [7, 11) is -4.29. The monoisotopic (exact) mass is 421 g/mol. The van der Waals surface area contributed by atoms with Gasteiger partial charge < -0.3 is 26.4 Å². The first kappa shape index (κ1) is 21.9. The van der Waals surface area contributed by atoms with Crippen LogP contribution in [-0.2, 0) is 12.8 Å². The van der Waals surface area contributed by atoms with Crippen LogP contribution in [-0.4, -0.2) is 27.5 Å². The molecular formula is C22H24BF4NO2. The van der Waals surface area contributed by atoms with Crippen LogP contribution < -0.4 is 14.7 Å². The summed E-state index contributed by atoms with van der Waals surface area (Å²) in [5.41, 5.74) is 4.96. The predicted molar refractivity (Wildman–Crippen MR) is 111 cm³/mol. The number of benzene rings is 2. The third kappa shape index (κ3) is 5.04. The van der Waals surface area contributed by atoms with Gasteiger partial charge in [0.15, 0.2) is 0 Å². The van der Waals surface area contributed by atoms with Gasteiger partial charge in [0.2, 0.25) is 5.36 Å². The smallest absolute Gasteiger partial charge is 0.497 e. The van der Waals surface area contributed by atoms with Crippen LogP contribution in [0.15, 0.2) is 46.9 Å². The Morgan fingerprint density at radius 3 is 2.23 bits per heavy atom. The zero-order chi connectivity index (χ0) is 21.9. The van der Waals surface area contributed by atoms with Crippen LogP contribution in [0.5, 0.6) is 5.75 Å². The summed E-state index contributed by atoms with van der Waals surface area (Å²) in [6.45, 7) is 6.35. The molecule has 0 bridgehead atoms. The van der Waals surface area contributed by atoms with E-state index in [1.54, 1.807) is 7.11 Å². The number of aryl methyl sites for hydroxylation is 2. The van der Waals surface area contributed by atoms with E-state index in [0.29, 0.717) is 0 Å². The van der Waals surface area contributed by atoms with Gasteiger partial charge in [0.25, 0.3) is 0 Å². The van der Waals surface area contributed by atoms with Crippen molar-refractivity contribution in [2.45, 2.75) is 26.7 Å². The molecule has 0 aromatic heterocycles. The summed E-state index contributed by atoms with van der Waals surface area (Å²) >= 11 is 0. The second-order valence-corrected chi connectivity index (χ2v) is 7.01. The van der Waals surface area contributed by atoms with Gasteiger partial charge in [0.1, 0.15) is 30.4 Å². The lowest BCUT2D eigenvalue weighted by atomic mass is 9.88. The van der Waals surface area contributed by atoms with Gasteiger partial charge in [0, 0.05) is 17.2 Å². The quantitative estimate of drug-likeness (QED) is 0.327. The molecule has 0 radical (unpaired) electrons. The molecule has 1 aliphatic heterocycles. The second kappa shape index (κ2) is 8.94. The first-order chi connectivity index (χ1) is 14.2. The molecule has 160 valence electrons. The van der Waals surface area contributed by atoms with E-state index in [4.69, 9.17) is 9.15 Å². The summed E-state index contributed by atoms with van der Waals surface area (Å²) in [6, 6.07) is 15.1. The van der Waals surface area contributed by atoms with Gasteiger partial charge in [0.05, 0.1) is 13.2 Å². The van der Waals surface area contributed by atoms with Crippen molar-refractivity contribution in [2.75, 3.05) is 20.2 Å². The Labute approximate surface area is 173 Å². The van der Waals surface area contributed by atoms with Gasteiger partial charge in [-0.1, -0.05) is 0 Å². The Bertz CT molecular complexity index is 1060. The van der Waals surface area contributed by atoms with Gasteiger partial charge in [-0.05, 0) is 68.1 Å². The molecular weight excluding hydrogens is 397 g/mol. The second-order valence-electron chi connectivity index (χ2n) is 7.01. The number of rotatable bonds is 3. The van der Waals surface area contributed by atoms with E-state index in [0.717, 1.165) is 43.2 Å². The van der Waals surface area contributed by atoms with Crippen LogP contribution in [0.2, 0.25) is 0 Å². The minimum Gasteiger partial charge on any atom is -0.497 e. The zero-order valence-electron chi connectivity index (χ0n) is 17.2. The number of halogens is 4. The van der Waals surface area contributed by atoms with Gasteiger partial charge >= 0.3 is 7.25 Å². The lowest BCUT2D eigenvalue weighted by Gasteiger charge is -2.21. The van der Waals surface area contributed by atoms with Gasteiger partial charge in [-0.15, -0.1) is 0 Å². The zero-order valence-corrected chi connectivity index (χ0v) is 17.2. The summed E-state index contributed by atoms with van der Waals surface area (Å²) in [4.78, 5) is 0. The van der Waals surface area contributed by atoms with Crippen molar-refractivity contribution in [1.82, 2.24) is 4.58 Å². The first-order valence-electron chi connectivity index (χ1n) is 9.92. The molecule has 8 heteroatoms. The van der Waals surface area contributed by atoms with E-state index in [-0.39, 0.29) is 0 Å². The average Bonchev–Trinajstić information content (AvgIpc) is 2.71. The molecule has 0 fully saturated rings. The van der Waals surface area contributed by atoms with E-state index in [1.165, 1.54) is 27.6 Å². The van der Waals surface area contributed by atoms with Crippen molar-refractivity contribution >= 4 is 7.25 Å². The van der Waals surface area contributed by atoms with E-state index < -0.39 is 7.25 Å². The maximum absolute atomic E-state index is 9.75. The Hall–Kier alpha value is -2.77. The largest absolute Gasteiger partial charge is 0.673 e. The maximum Gasteiger partial charge on any atom is 0.673 e. The summed E-state index contributed by atoms with van der Waals surface area (Å²) < 4.78 is 53.1. The lowest BCUT2D eigenvalue weighted by molar-refractivity contribution is 0.368. The summed E-state index contributed by atoms with van der Waals surface area (Å²) in [5, 5.41) is 1.21. The highest BCUT2D eigenvalue weighted by molar-refractivity contribution is 6.50. The maximum atomic E-state index is 9.75. The van der Waals surface area contributed by atoms with Crippen LogP contribution in [0.4, 0.5) is 17.3 Å². The molecule has 3 aliphatic rings. The van der Waals surface area contributed by atoms with Crippen molar-refractivity contribution in [3.8, 4) is 28.4 Å². The van der Waals surface area contributed by atoms with Crippen LogP contribution in [0, 0.1) is 0 Å². The first-order valence-corrected chi connectivity index (χ1v) is 9.92. The molecule has 1 aromatic rings. The fraction of sp³-hybridized carbons (Fsp3) is 0.318. The molecule has 3 nitrogen and oxygen atoms in total. The van der Waals surface area contributed by atoms with E-state index in [2.05, 4.69) is 54.8 Å². The molecule has 0 saturated heterocycles. The van der Waals surface area contributed by atoms with Crippen molar-refractivity contribution in [2.24, 2.45) is 0 Å². The lowest BCUT2D eigenvalue weighted by Crippen LogP contribution is -2.29. The van der Waals surface area contributed by atoms with Crippen LogP contribution in [0.25, 0.3) is 22.6 Å². The molecule has 1 aromatic carbocycles. The molecule has 30 heavy (non-hydrogen) atoms. The van der Waals surface area contributed by atoms with Gasteiger partial charge in [-0.3, -0.25) is 0 Å². The average molecular weight is 421 g/mol. The summed E-state index contributed by atoms with van der Waals surface area (Å²) in [6.07, 6.45) is 2.03. The minimum atomic E-state index is -6.00. The fourth-order valence-electron chi connectivity index (χ4n) is 3.75. The van der Waals surface area contributed by atoms with Crippen molar-refractivity contribution < 1.29 is 26.4 Å². The number of methoxy groups -OCH3 is 1. The Kier molecular flexibility index (Phi) is 6.53. The molecule has 0 amide bonds. The SMILES string of the molecule is CC[N+](CC)=c1ccc2cc3c(oc-2c1)-c1ccc(OC)cc1CC3.F[B-](F)(F)F. The normalized spacial score (nSPS) is 12.5. The Balaban J connectivity index is 0.000000461. The standard InChI is InChI=1S/C22H24NO2.BF4/c1-4-23(5-2)18-9-8-16-12-17-7-6-15-13-19(24-3)10-11-20(15)22(17)25-21(16)14-18;2-1(3,4)5/h8-14H,4-7H2,1-3H3;/q+1;-1. The number of hydrogen-bond donors (Lipinski definition) is 0. The number of ether oxygens (including phenoxy) is 1. The Morgan fingerprint density at radius 2 is 1.60 bits per heavy atom. The molecule has 2 aliphatic carbocycles. The van der Waals surface area contributed by atoms with Crippen molar-refractivity contribution in [3.63, 3.8) is 0 Å². The highest BCUT2D eigenvalue weighted by Crippen LogP contribution is 2.39. The molecule has 1 heterocycles. The molecule has 0 N–H and O–H groups in total. The Morgan fingerprint density at radius 1 is 0.933 bits per heavy atom. The van der Waals surface area contributed by atoms with E-state index in [1.807, 2.05) is 6.07 Å². The van der Waals surface area contributed by atoms with Crippen LogP contribution >= 0.6 is 0 Å². The van der Waals surface area contributed by atoms with Gasteiger partial charge in [-0.2, -0.15) is 0 Å². The third-order valence-electron chi connectivity index (χ3n) is 5.18. The van der Waals surface area contributed by atoms with Gasteiger partial charge in [-0.25, -0.2) is 4.58 Å². The molecule has 0 unspecified atom stereocenters. The van der Waals surface area contributed by atoms with Crippen molar-refractivity contribution in [1.29, 1.82) is 0 Å². The number of hydrogen-bond acceptors (Lipinski definition) is 2. The predicted octanol–water partition coefficient (Wildman–Crippen LogP) is 5.27. The van der Waals surface area contributed by atoms with Crippen LogP contribution in [0.3, 0.4) is 0 Å². The van der Waals surface area contributed by atoms with Crippen molar-refractivity contribution in [3.05, 3.63) is 58.9 Å². The fourth-order valence-corrected chi connectivity index (χ4v) is 3.75. The highest BCUT2D eigenvalue weighted by Gasteiger charge is 2.22. The summed E-state index contributed by atoms with van der Waals surface area (Å²) in [5.74, 6) is 2.87. The third-order valence-corrected chi connectivity index (χ3v) is 5.18. The van der Waals surface area contributed by atoms with E-state index in [9.17, 15) is 17.3 Å². The van der Waals surface area contributed by atoms with E-state index >= 15 is 0 Å². The highest BCUT2D eigenvalue weighted by atomic mass is 19.5. The number of nitrogens with zero attached hydrogens (tertiary/aromatic N) is 1. The molecule has 4 rings (SSSR count). The molecule has 0 spiro atoms. The molecule has 0 saturated carbocycles. The number of fused-ring (bicyclic) bond motifs is 4.